The molecule has 0 bridgehead atoms. The lowest BCUT2D eigenvalue weighted by Crippen LogP contribution is -2.37. The van der Waals surface area contributed by atoms with Crippen molar-refractivity contribution >= 4 is 17.6 Å². The van der Waals surface area contributed by atoms with Crippen molar-refractivity contribution in [2.45, 2.75) is 45.4 Å². The SMILES string of the molecule is C=CCN(Cc1ccc(OC(C)(C)C(=O)O)c(Cl)c1)Cc1cc(-c2ccc(OC(F)(F)F)cc2)nn1Cc1ccccc1. The summed E-state index contributed by atoms with van der Waals surface area (Å²) in [5, 5.41) is 14.5. The second-order valence-electron chi connectivity index (χ2n) is 10.4. The number of alkyl halides is 3. The molecule has 0 fully saturated rings. The summed E-state index contributed by atoms with van der Waals surface area (Å²) in [6, 6.07) is 22.5. The standard InChI is InChI=1S/C32H31ClF3N3O4/c1-4-16-38(19-23-10-15-29(27(33)17-23)43-31(2,3)30(40)41)21-25-18-28(37-39(25)20-22-8-6-5-7-9-22)24-11-13-26(14-12-24)42-32(34,35)36/h4-15,17-18H,1,16,19-21H2,2-3H3,(H,40,41). The molecule has 226 valence electrons. The van der Waals surface area contributed by atoms with Crippen LogP contribution in [0, 0.1) is 0 Å². The van der Waals surface area contributed by atoms with Gasteiger partial charge in [-0.15, -0.1) is 19.8 Å². The number of hydrogen-bond acceptors (Lipinski definition) is 5. The van der Waals surface area contributed by atoms with E-state index in [0.717, 1.165) is 16.8 Å². The van der Waals surface area contributed by atoms with E-state index in [2.05, 4.69) is 16.2 Å². The maximum Gasteiger partial charge on any atom is 0.573 e. The van der Waals surface area contributed by atoms with Crippen molar-refractivity contribution in [1.82, 2.24) is 14.7 Å². The van der Waals surface area contributed by atoms with Crippen LogP contribution < -0.4 is 9.47 Å². The molecule has 0 radical (unpaired) electrons. The van der Waals surface area contributed by atoms with E-state index in [-0.39, 0.29) is 11.5 Å². The number of carboxylic acids is 1. The van der Waals surface area contributed by atoms with Gasteiger partial charge in [-0.2, -0.15) is 5.10 Å². The highest BCUT2D eigenvalue weighted by Gasteiger charge is 2.31. The van der Waals surface area contributed by atoms with E-state index in [9.17, 15) is 23.1 Å². The van der Waals surface area contributed by atoms with Gasteiger partial charge < -0.3 is 14.6 Å². The van der Waals surface area contributed by atoms with Crippen LogP contribution in [0.4, 0.5) is 13.2 Å². The summed E-state index contributed by atoms with van der Waals surface area (Å²) in [5.41, 5.74) is 2.60. The molecule has 0 amide bonds. The minimum absolute atomic E-state index is 0.269. The minimum atomic E-state index is -4.77. The Balaban J connectivity index is 1.59. The normalized spacial score (nSPS) is 11.9. The lowest BCUT2D eigenvalue weighted by molar-refractivity contribution is -0.274. The van der Waals surface area contributed by atoms with Crippen molar-refractivity contribution in [2.24, 2.45) is 0 Å². The second-order valence-corrected chi connectivity index (χ2v) is 10.8. The van der Waals surface area contributed by atoms with Gasteiger partial charge >= 0.3 is 12.3 Å². The third-order valence-corrected chi connectivity index (χ3v) is 6.77. The van der Waals surface area contributed by atoms with Crippen LogP contribution in [0.1, 0.15) is 30.7 Å². The number of hydrogen-bond donors (Lipinski definition) is 1. The molecule has 43 heavy (non-hydrogen) atoms. The zero-order valence-electron chi connectivity index (χ0n) is 23.6. The van der Waals surface area contributed by atoms with Crippen molar-refractivity contribution in [1.29, 1.82) is 0 Å². The molecule has 11 heteroatoms. The Hall–Kier alpha value is -4.28. The van der Waals surface area contributed by atoms with Gasteiger partial charge in [-0.1, -0.05) is 54.1 Å². The average Bonchev–Trinajstić information content (AvgIpc) is 3.32. The van der Waals surface area contributed by atoms with Crippen LogP contribution in [-0.2, 0) is 24.4 Å². The van der Waals surface area contributed by atoms with Crippen LogP contribution in [0.3, 0.4) is 0 Å². The number of ether oxygens (including phenoxy) is 2. The average molecular weight is 614 g/mol. The Labute approximate surface area is 252 Å². The van der Waals surface area contributed by atoms with Gasteiger partial charge in [0.1, 0.15) is 11.5 Å². The van der Waals surface area contributed by atoms with E-state index < -0.39 is 17.9 Å². The number of rotatable bonds is 13. The van der Waals surface area contributed by atoms with Crippen molar-refractivity contribution < 1.29 is 32.5 Å². The summed E-state index contributed by atoms with van der Waals surface area (Å²) >= 11 is 6.45. The van der Waals surface area contributed by atoms with E-state index >= 15 is 0 Å². The summed E-state index contributed by atoms with van der Waals surface area (Å²) in [5.74, 6) is -1.15. The minimum Gasteiger partial charge on any atom is -0.478 e. The number of aromatic nitrogens is 2. The van der Waals surface area contributed by atoms with E-state index in [1.165, 1.54) is 26.0 Å². The molecular weight excluding hydrogens is 583 g/mol. The molecule has 0 atom stereocenters. The molecule has 4 rings (SSSR count). The van der Waals surface area contributed by atoms with Crippen molar-refractivity contribution in [3.8, 4) is 22.8 Å². The third kappa shape index (κ3) is 8.86. The van der Waals surface area contributed by atoms with E-state index in [0.29, 0.717) is 42.5 Å². The maximum atomic E-state index is 12.6. The van der Waals surface area contributed by atoms with Crippen LogP contribution in [0.2, 0.25) is 5.02 Å². The predicted octanol–water partition coefficient (Wildman–Crippen LogP) is 7.58. The van der Waals surface area contributed by atoms with Crippen molar-refractivity contribution in [2.75, 3.05) is 6.54 Å². The van der Waals surface area contributed by atoms with E-state index in [4.69, 9.17) is 21.4 Å². The first kappa shape index (κ1) is 31.7. The summed E-state index contributed by atoms with van der Waals surface area (Å²) < 4.78 is 49.3. The van der Waals surface area contributed by atoms with Gasteiger partial charge in [0, 0.05) is 25.2 Å². The Kier molecular flexibility index (Phi) is 9.83. The van der Waals surface area contributed by atoms with E-state index in [1.54, 1.807) is 30.3 Å². The highest BCUT2D eigenvalue weighted by Crippen LogP contribution is 2.30. The van der Waals surface area contributed by atoms with Gasteiger partial charge in [-0.3, -0.25) is 9.58 Å². The fraction of sp³-hybridized carbons (Fsp3) is 0.250. The second kappa shape index (κ2) is 13.4. The molecule has 0 aliphatic carbocycles. The van der Waals surface area contributed by atoms with Gasteiger partial charge in [0.25, 0.3) is 0 Å². The van der Waals surface area contributed by atoms with Crippen molar-refractivity contribution in [3.63, 3.8) is 0 Å². The Morgan fingerprint density at radius 2 is 1.70 bits per heavy atom. The summed E-state index contributed by atoms with van der Waals surface area (Å²) in [7, 11) is 0. The van der Waals surface area contributed by atoms with E-state index in [1.807, 2.05) is 47.1 Å². The molecule has 0 unspecified atom stereocenters. The lowest BCUT2D eigenvalue weighted by atomic mass is 10.1. The lowest BCUT2D eigenvalue weighted by Gasteiger charge is -2.24. The fourth-order valence-corrected chi connectivity index (χ4v) is 4.59. The molecule has 1 N–H and O–H groups in total. The highest BCUT2D eigenvalue weighted by molar-refractivity contribution is 6.32. The summed E-state index contributed by atoms with van der Waals surface area (Å²) in [4.78, 5) is 13.6. The Bertz CT molecular complexity index is 1550. The highest BCUT2D eigenvalue weighted by atomic mass is 35.5. The Morgan fingerprint density at radius 1 is 1.00 bits per heavy atom. The van der Waals surface area contributed by atoms with Crippen LogP contribution in [0.15, 0.2) is 91.5 Å². The molecule has 0 spiro atoms. The van der Waals surface area contributed by atoms with Crippen LogP contribution in [0.25, 0.3) is 11.3 Å². The van der Waals surface area contributed by atoms with Crippen LogP contribution in [-0.4, -0.2) is 44.3 Å². The molecule has 7 nitrogen and oxygen atoms in total. The van der Waals surface area contributed by atoms with Crippen molar-refractivity contribution in [3.05, 3.63) is 113 Å². The van der Waals surface area contributed by atoms with Gasteiger partial charge in [-0.05, 0) is 67.4 Å². The predicted molar refractivity (Wildman–Crippen MR) is 158 cm³/mol. The molecule has 0 aliphatic rings. The summed E-state index contributed by atoms with van der Waals surface area (Å²) in [6.07, 6.45) is -2.99. The number of nitrogens with zero attached hydrogens (tertiary/aromatic N) is 3. The first-order valence-electron chi connectivity index (χ1n) is 13.3. The zero-order chi connectivity index (χ0) is 31.2. The number of aliphatic carboxylic acids is 1. The topological polar surface area (TPSA) is 76.8 Å². The van der Waals surface area contributed by atoms with Gasteiger partial charge in [0.2, 0.25) is 0 Å². The van der Waals surface area contributed by atoms with Gasteiger partial charge in [0.05, 0.1) is 23.0 Å². The Morgan fingerprint density at radius 3 is 2.30 bits per heavy atom. The first-order valence-corrected chi connectivity index (χ1v) is 13.7. The smallest absolute Gasteiger partial charge is 0.478 e. The summed E-state index contributed by atoms with van der Waals surface area (Å²) in [6.45, 7) is 8.78. The molecule has 1 aromatic heterocycles. The third-order valence-electron chi connectivity index (χ3n) is 6.48. The maximum absolute atomic E-state index is 12.6. The molecular formula is C32H31ClF3N3O4. The first-order chi connectivity index (χ1) is 20.3. The number of benzene rings is 3. The molecule has 0 saturated heterocycles. The molecule has 4 aromatic rings. The number of carboxylic acid groups (broad SMARTS) is 1. The monoisotopic (exact) mass is 613 g/mol. The quantitative estimate of drug-likeness (QED) is 0.157. The fourth-order valence-electron chi connectivity index (χ4n) is 4.34. The number of carbonyl (C=O) groups is 1. The van der Waals surface area contributed by atoms with Crippen LogP contribution in [0.5, 0.6) is 11.5 Å². The number of halogens is 4. The zero-order valence-corrected chi connectivity index (χ0v) is 24.4. The van der Waals surface area contributed by atoms with Gasteiger partial charge in [-0.25, -0.2) is 4.79 Å². The largest absolute Gasteiger partial charge is 0.573 e. The molecule has 0 aliphatic heterocycles. The molecule has 0 saturated carbocycles. The molecule has 1 heterocycles. The molecule has 3 aromatic carbocycles. The van der Waals surface area contributed by atoms with Crippen LogP contribution >= 0.6 is 11.6 Å². The van der Waals surface area contributed by atoms with Gasteiger partial charge in [0.15, 0.2) is 5.60 Å².